The van der Waals surface area contributed by atoms with Crippen LogP contribution in [-0.2, 0) is 21.2 Å². The molecule has 1 amide bonds. The van der Waals surface area contributed by atoms with Crippen molar-refractivity contribution in [2.75, 3.05) is 26.2 Å². The highest BCUT2D eigenvalue weighted by molar-refractivity contribution is 7.89. The molecule has 0 bridgehead atoms. The fourth-order valence-electron chi connectivity index (χ4n) is 2.80. The molecule has 0 radical (unpaired) electrons. The summed E-state index contributed by atoms with van der Waals surface area (Å²) in [7, 11) is -3.72. The molecular formula is C17H19FN2O3S2. The van der Waals surface area contributed by atoms with Crippen LogP contribution >= 0.6 is 11.3 Å². The monoisotopic (exact) mass is 382 g/mol. The lowest BCUT2D eigenvalue weighted by Crippen LogP contribution is -2.50. The Labute approximate surface area is 150 Å². The molecule has 0 unspecified atom stereocenters. The molecular weight excluding hydrogens is 363 g/mol. The van der Waals surface area contributed by atoms with Crippen molar-refractivity contribution in [3.8, 4) is 0 Å². The summed E-state index contributed by atoms with van der Waals surface area (Å²) in [6.07, 6.45) is 1.13. The summed E-state index contributed by atoms with van der Waals surface area (Å²) < 4.78 is 39.7. The maximum atomic E-state index is 13.3. The first-order chi connectivity index (χ1) is 12.0. The van der Waals surface area contributed by atoms with Crippen LogP contribution in [0.3, 0.4) is 0 Å². The van der Waals surface area contributed by atoms with Gasteiger partial charge in [-0.2, -0.15) is 4.31 Å². The largest absolute Gasteiger partial charge is 0.340 e. The van der Waals surface area contributed by atoms with E-state index in [1.54, 1.807) is 16.2 Å². The Morgan fingerprint density at radius 3 is 2.52 bits per heavy atom. The Kier molecular flexibility index (Phi) is 5.51. The van der Waals surface area contributed by atoms with Crippen molar-refractivity contribution in [2.24, 2.45) is 0 Å². The molecule has 1 aromatic carbocycles. The summed E-state index contributed by atoms with van der Waals surface area (Å²) in [4.78, 5) is 15.1. The van der Waals surface area contributed by atoms with Crippen LogP contribution in [0.25, 0.3) is 0 Å². The number of nitrogens with zero attached hydrogens (tertiary/aromatic N) is 2. The van der Waals surface area contributed by atoms with Crippen molar-refractivity contribution in [2.45, 2.75) is 17.7 Å². The average molecular weight is 382 g/mol. The van der Waals surface area contributed by atoms with Gasteiger partial charge in [0.05, 0.1) is 4.90 Å². The number of thiophene rings is 1. The highest BCUT2D eigenvalue weighted by atomic mass is 32.2. The van der Waals surface area contributed by atoms with E-state index in [1.165, 1.54) is 27.4 Å². The zero-order chi connectivity index (χ0) is 17.9. The topological polar surface area (TPSA) is 57.7 Å². The van der Waals surface area contributed by atoms with Crippen molar-refractivity contribution in [3.05, 3.63) is 52.5 Å². The van der Waals surface area contributed by atoms with E-state index in [-0.39, 0.29) is 23.9 Å². The summed E-state index contributed by atoms with van der Waals surface area (Å²) in [5.41, 5.74) is 0. The molecule has 8 heteroatoms. The van der Waals surface area contributed by atoms with Gasteiger partial charge in [0.2, 0.25) is 15.9 Å². The van der Waals surface area contributed by atoms with Crippen molar-refractivity contribution in [1.82, 2.24) is 9.21 Å². The van der Waals surface area contributed by atoms with Crippen LogP contribution < -0.4 is 0 Å². The molecule has 3 rings (SSSR count). The Hall–Kier alpha value is -1.77. The minimum atomic E-state index is -3.72. The van der Waals surface area contributed by atoms with E-state index in [2.05, 4.69) is 0 Å². The minimum absolute atomic E-state index is 0.0382. The zero-order valence-corrected chi connectivity index (χ0v) is 15.2. The van der Waals surface area contributed by atoms with Gasteiger partial charge in [0.15, 0.2) is 0 Å². The van der Waals surface area contributed by atoms with Gasteiger partial charge in [-0.15, -0.1) is 11.3 Å². The Bertz CT molecular complexity index is 829. The second kappa shape index (κ2) is 7.63. The van der Waals surface area contributed by atoms with E-state index in [0.717, 1.165) is 6.07 Å². The fourth-order valence-corrected chi connectivity index (χ4v) is 4.96. The van der Waals surface area contributed by atoms with Gasteiger partial charge in [-0.1, -0.05) is 12.1 Å². The van der Waals surface area contributed by atoms with Gasteiger partial charge in [0.25, 0.3) is 0 Å². The highest BCUT2D eigenvalue weighted by Crippen LogP contribution is 2.19. The van der Waals surface area contributed by atoms with Crippen LogP contribution in [0.4, 0.5) is 4.39 Å². The average Bonchev–Trinajstić information content (AvgIpc) is 3.13. The maximum Gasteiger partial charge on any atom is 0.243 e. The predicted octanol–water partition coefficient (Wildman–Crippen LogP) is 2.35. The number of hydrogen-bond acceptors (Lipinski definition) is 4. The molecule has 1 aliphatic rings. The van der Waals surface area contributed by atoms with Crippen molar-refractivity contribution >= 4 is 27.3 Å². The van der Waals surface area contributed by atoms with E-state index in [4.69, 9.17) is 0 Å². The summed E-state index contributed by atoms with van der Waals surface area (Å²) in [5, 5.41) is 1.98. The van der Waals surface area contributed by atoms with Crippen LogP contribution in [0.15, 0.2) is 46.7 Å². The Morgan fingerprint density at radius 2 is 1.88 bits per heavy atom. The van der Waals surface area contributed by atoms with Gasteiger partial charge < -0.3 is 4.90 Å². The van der Waals surface area contributed by atoms with E-state index < -0.39 is 15.8 Å². The molecule has 0 atom stereocenters. The number of rotatable bonds is 5. The second-order valence-electron chi connectivity index (χ2n) is 5.82. The minimum Gasteiger partial charge on any atom is -0.340 e. The van der Waals surface area contributed by atoms with Gasteiger partial charge in [-0.25, -0.2) is 12.8 Å². The summed E-state index contributed by atoms with van der Waals surface area (Å²) >= 11 is 1.63. The molecule has 0 saturated carbocycles. The number of benzene rings is 1. The quantitative estimate of drug-likeness (QED) is 0.798. The summed E-state index contributed by atoms with van der Waals surface area (Å²) in [6, 6.07) is 8.96. The third kappa shape index (κ3) is 4.26. The van der Waals surface area contributed by atoms with E-state index in [0.29, 0.717) is 25.9 Å². The standard InChI is InChI=1S/C17H19FN2O3S2/c18-14-3-1-5-16(13-14)25(22,23)20-10-8-19(9-11-20)17(21)7-6-15-4-2-12-24-15/h1-5,12-13H,6-11H2. The lowest BCUT2D eigenvalue weighted by molar-refractivity contribution is -0.132. The zero-order valence-electron chi connectivity index (χ0n) is 13.6. The van der Waals surface area contributed by atoms with Crippen LogP contribution in [0, 0.1) is 5.82 Å². The molecule has 0 N–H and O–H groups in total. The molecule has 5 nitrogen and oxygen atoms in total. The SMILES string of the molecule is O=C(CCc1cccs1)N1CCN(S(=O)(=O)c2cccc(F)c2)CC1. The number of hydrogen-bond donors (Lipinski definition) is 0. The van der Waals surface area contributed by atoms with Gasteiger partial charge >= 0.3 is 0 Å². The van der Waals surface area contributed by atoms with Crippen LogP contribution in [0.1, 0.15) is 11.3 Å². The van der Waals surface area contributed by atoms with E-state index >= 15 is 0 Å². The molecule has 1 aromatic heterocycles. The molecule has 0 spiro atoms. The van der Waals surface area contributed by atoms with Gasteiger partial charge in [0.1, 0.15) is 5.82 Å². The normalized spacial score (nSPS) is 16.1. The predicted molar refractivity (Wildman–Crippen MR) is 94.4 cm³/mol. The van der Waals surface area contributed by atoms with E-state index in [9.17, 15) is 17.6 Å². The number of piperazine rings is 1. The molecule has 2 heterocycles. The molecule has 1 saturated heterocycles. The number of carbonyl (C=O) groups is 1. The third-order valence-electron chi connectivity index (χ3n) is 4.19. The van der Waals surface area contributed by atoms with Crippen LogP contribution in [-0.4, -0.2) is 49.7 Å². The van der Waals surface area contributed by atoms with Crippen LogP contribution in [0.2, 0.25) is 0 Å². The first-order valence-corrected chi connectivity index (χ1v) is 10.3. The second-order valence-corrected chi connectivity index (χ2v) is 8.79. The molecule has 1 aliphatic heterocycles. The first kappa shape index (κ1) is 18.0. The Morgan fingerprint density at radius 1 is 1.12 bits per heavy atom. The van der Waals surface area contributed by atoms with Gasteiger partial charge in [0, 0.05) is 37.5 Å². The van der Waals surface area contributed by atoms with Crippen molar-refractivity contribution in [1.29, 1.82) is 0 Å². The lowest BCUT2D eigenvalue weighted by atomic mass is 10.2. The lowest BCUT2D eigenvalue weighted by Gasteiger charge is -2.34. The maximum absolute atomic E-state index is 13.3. The summed E-state index contributed by atoms with van der Waals surface area (Å²) in [5.74, 6) is -0.542. The smallest absolute Gasteiger partial charge is 0.243 e. The number of carbonyl (C=O) groups excluding carboxylic acids is 1. The molecule has 0 aliphatic carbocycles. The molecule has 25 heavy (non-hydrogen) atoms. The van der Waals surface area contributed by atoms with Crippen LogP contribution in [0.5, 0.6) is 0 Å². The number of aryl methyl sites for hydroxylation is 1. The van der Waals surface area contributed by atoms with Gasteiger partial charge in [-0.05, 0) is 36.1 Å². The van der Waals surface area contributed by atoms with Crippen molar-refractivity contribution < 1.29 is 17.6 Å². The molecule has 2 aromatic rings. The summed E-state index contributed by atoms with van der Waals surface area (Å²) in [6.45, 7) is 1.17. The molecule has 134 valence electrons. The highest BCUT2D eigenvalue weighted by Gasteiger charge is 2.30. The van der Waals surface area contributed by atoms with E-state index in [1.807, 2.05) is 17.5 Å². The van der Waals surface area contributed by atoms with Crippen molar-refractivity contribution in [3.63, 3.8) is 0 Å². The molecule has 1 fully saturated rings. The fraction of sp³-hybridized carbons (Fsp3) is 0.353. The first-order valence-electron chi connectivity index (χ1n) is 8.03. The Balaban J connectivity index is 1.57. The van der Waals surface area contributed by atoms with Gasteiger partial charge in [-0.3, -0.25) is 4.79 Å². The number of amides is 1. The number of halogens is 1. The number of sulfonamides is 1. The third-order valence-corrected chi connectivity index (χ3v) is 7.02.